The zero-order valence-corrected chi connectivity index (χ0v) is 12.5. The average Bonchev–Trinajstić information content (AvgIpc) is 3.24. The van der Waals surface area contributed by atoms with Crippen molar-refractivity contribution >= 4 is 23.3 Å². The van der Waals surface area contributed by atoms with E-state index in [0.29, 0.717) is 12.3 Å². The maximum atomic E-state index is 11.9. The number of furan rings is 1. The van der Waals surface area contributed by atoms with E-state index in [1.165, 1.54) is 6.08 Å². The first-order valence-corrected chi connectivity index (χ1v) is 7.68. The molecular weight excluding hydrogens is 296 g/mol. The van der Waals surface area contributed by atoms with Gasteiger partial charge in [0.25, 0.3) is 0 Å². The van der Waals surface area contributed by atoms with Crippen LogP contribution < -0.4 is 5.32 Å². The van der Waals surface area contributed by atoms with E-state index < -0.39 is 0 Å². The van der Waals surface area contributed by atoms with Crippen LogP contribution in [0.25, 0.3) is 16.6 Å². The van der Waals surface area contributed by atoms with Gasteiger partial charge in [-0.05, 0) is 41.3 Å². The summed E-state index contributed by atoms with van der Waals surface area (Å²) < 4.78 is 5.14. The summed E-state index contributed by atoms with van der Waals surface area (Å²) in [5, 5.41) is 4.87. The Balaban J connectivity index is 1.66. The average molecular weight is 310 g/mol. The highest BCUT2D eigenvalue weighted by molar-refractivity contribution is 7.13. The van der Waals surface area contributed by atoms with E-state index in [-0.39, 0.29) is 5.91 Å². The molecule has 0 radical (unpaired) electrons. The number of pyridine rings is 1. The van der Waals surface area contributed by atoms with Crippen LogP contribution in [-0.2, 0) is 11.3 Å². The molecular formula is C17H14N2O2S. The second kappa shape index (κ2) is 6.87. The molecule has 3 rings (SSSR count). The van der Waals surface area contributed by atoms with Crippen molar-refractivity contribution in [3.8, 4) is 10.6 Å². The maximum Gasteiger partial charge on any atom is 0.244 e. The molecule has 0 aromatic carbocycles. The summed E-state index contributed by atoms with van der Waals surface area (Å²) in [5.74, 6) is 0.480. The van der Waals surface area contributed by atoms with Gasteiger partial charge in [-0.2, -0.15) is 0 Å². The molecule has 1 N–H and O–H groups in total. The van der Waals surface area contributed by atoms with Crippen molar-refractivity contribution in [3.63, 3.8) is 0 Å². The second-order valence-electron chi connectivity index (χ2n) is 4.55. The van der Waals surface area contributed by atoms with Gasteiger partial charge in [0.2, 0.25) is 5.91 Å². The van der Waals surface area contributed by atoms with Crippen LogP contribution in [0.2, 0.25) is 0 Å². The van der Waals surface area contributed by atoms with Crippen molar-refractivity contribution in [3.05, 3.63) is 71.6 Å². The first kappa shape index (κ1) is 14.3. The summed E-state index contributed by atoms with van der Waals surface area (Å²) in [6.07, 6.45) is 6.43. The zero-order chi connectivity index (χ0) is 15.2. The van der Waals surface area contributed by atoms with Crippen molar-refractivity contribution in [1.29, 1.82) is 0 Å². The molecule has 0 aliphatic carbocycles. The van der Waals surface area contributed by atoms with Gasteiger partial charge in [0.05, 0.1) is 16.8 Å². The van der Waals surface area contributed by atoms with Gasteiger partial charge in [0, 0.05) is 18.8 Å². The van der Waals surface area contributed by atoms with Crippen LogP contribution in [0.3, 0.4) is 0 Å². The number of carbonyl (C=O) groups is 1. The number of aromatic nitrogens is 1. The van der Waals surface area contributed by atoms with Crippen LogP contribution in [0, 0.1) is 0 Å². The van der Waals surface area contributed by atoms with Crippen LogP contribution in [0.5, 0.6) is 0 Å². The zero-order valence-electron chi connectivity index (χ0n) is 11.7. The summed E-state index contributed by atoms with van der Waals surface area (Å²) in [6, 6.07) is 11.4. The van der Waals surface area contributed by atoms with Crippen LogP contribution in [0.15, 0.2) is 64.7 Å². The Morgan fingerprint density at radius 1 is 1.27 bits per heavy atom. The third kappa shape index (κ3) is 3.51. The molecule has 5 heteroatoms. The SMILES string of the molecule is O=C(/C=C/c1ccco1)NCc1cccnc1-c1cccs1. The van der Waals surface area contributed by atoms with Crippen molar-refractivity contribution in [2.75, 3.05) is 0 Å². The molecule has 110 valence electrons. The molecule has 0 aliphatic rings. The van der Waals surface area contributed by atoms with E-state index in [2.05, 4.69) is 10.3 Å². The molecule has 0 saturated heterocycles. The quantitative estimate of drug-likeness (QED) is 0.731. The summed E-state index contributed by atoms with van der Waals surface area (Å²) in [6.45, 7) is 0.433. The molecule has 3 aromatic heterocycles. The predicted molar refractivity (Wildman–Crippen MR) is 87.1 cm³/mol. The highest BCUT2D eigenvalue weighted by Gasteiger charge is 2.07. The number of amides is 1. The Kier molecular flexibility index (Phi) is 4.46. The lowest BCUT2D eigenvalue weighted by Gasteiger charge is -2.07. The molecule has 1 amide bonds. The summed E-state index contributed by atoms with van der Waals surface area (Å²) >= 11 is 1.63. The number of nitrogens with one attached hydrogen (secondary N) is 1. The van der Waals surface area contributed by atoms with E-state index in [1.54, 1.807) is 42.0 Å². The van der Waals surface area contributed by atoms with Gasteiger partial charge in [-0.15, -0.1) is 11.3 Å². The lowest BCUT2D eigenvalue weighted by molar-refractivity contribution is -0.116. The molecule has 0 fully saturated rings. The fourth-order valence-corrected chi connectivity index (χ4v) is 2.76. The van der Waals surface area contributed by atoms with Crippen LogP contribution in [-0.4, -0.2) is 10.9 Å². The van der Waals surface area contributed by atoms with Gasteiger partial charge in [-0.25, -0.2) is 0 Å². The first-order valence-electron chi connectivity index (χ1n) is 6.80. The van der Waals surface area contributed by atoms with Crippen LogP contribution >= 0.6 is 11.3 Å². The molecule has 3 aromatic rings. The van der Waals surface area contributed by atoms with Crippen LogP contribution in [0.1, 0.15) is 11.3 Å². The largest absolute Gasteiger partial charge is 0.465 e. The number of hydrogen-bond acceptors (Lipinski definition) is 4. The standard InChI is InChI=1S/C17H14N2O2S/c20-16(8-7-14-5-2-10-21-14)19-12-13-4-1-9-18-17(13)15-6-3-11-22-15/h1-11H,12H2,(H,19,20)/b8-7+. The Bertz CT molecular complexity index is 762. The van der Waals surface area contributed by atoms with Gasteiger partial charge >= 0.3 is 0 Å². The van der Waals surface area contributed by atoms with Crippen LogP contribution in [0.4, 0.5) is 0 Å². The van der Waals surface area contributed by atoms with Crippen molar-refractivity contribution in [2.45, 2.75) is 6.54 Å². The molecule has 0 bridgehead atoms. The Labute approximate surface area is 132 Å². The summed E-state index contributed by atoms with van der Waals surface area (Å²) in [5.41, 5.74) is 1.90. The smallest absolute Gasteiger partial charge is 0.244 e. The fraction of sp³-hybridized carbons (Fsp3) is 0.0588. The monoisotopic (exact) mass is 310 g/mol. The third-order valence-corrected chi connectivity index (χ3v) is 3.92. The summed E-state index contributed by atoms with van der Waals surface area (Å²) in [4.78, 5) is 17.4. The number of nitrogens with zero attached hydrogens (tertiary/aromatic N) is 1. The highest BCUT2D eigenvalue weighted by atomic mass is 32.1. The van der Waals surface area contributed by atoms with Gasteiger partial charge < -0.3 is 9.73 Å². The van der Waals surface area contributed by atoms with Crippen molar-refractivity contribution < 1.29 is 9.21 Å². The van der Waals surface area contributed by atoms with Gasteiger partial charge in [-0.3, -0.25) is 9.78 Å². The number of hydrogen-bond donors (Lipinski definition) is 1. The van der Waals surface area contributed by atoms with E-state index in [1.807, 2.05) is 29.6 Å². The molecule has 3 heterocycles. The Morgan fingerprint density at radius 3 is 3.00 bits per heavy atom. The van der Waals surface area contributed by atoms with E-state index in [0.717, 1.165) is 16.1 Å². The number of thiophene rings is 1. The fourth-order valence-electron chi connectivity index (χ4n) is 2.00. The number of carbonyl (C=O) groups excluding carboxylic acids is 1. The third-order valence-electron chi connectivity index (χ3n) is 3.04. The molecule has 0 unspecified atom stereocenters. The van der Waals surface area contributed by atoms with Gasteiger partial charge in [-0.1, -0.05) is 12.1 Å². The first-order chi connectivity index (χ1) is 10.8. The van der Waals surface area contributed by atoms with Crippen molar-refractivity contribution in [2.24, 2.45) is 0 Å². The second-order valence-corrected chi connectivity index (χ2v) is 5.50. The number of rotatable bonds is 5. The molecule has 22 heavy (non-hydrogen) atoms. The minimum absolute atomic E-state index is 0.169. The minimum Gasteiger partial charge on any atom is -0.465 e. The maximum absolute atomic E-state index is 11.9. The molecule has 0 atom stereocenters. The van der Waals surface area contributed by atoms with E-state index in [9.17, 15) is 4.79 Å². The van der Waals surface area contributed by atoms with Gasteiger partial charge in [0.1, 0.15) is 5.76 Å². The molecule has 0 spiro atoms. The molecule has 0 aliphatic heterocycles. The molecule has 0 saturated carbocycles. The Hall–Kier alpha value is -2.66. The predicted octanol–water partition coefficient (Wildman–Crippen LogP) is 3.73. The molecule has 4 nitrogen and oxygen atoms in total. The Morgan fingerprint density at radius 2 is 2.23 bits per heavy atom. The normalized spacial score (nSPS) is 10.9. The van der Waals surface area contributed by atoms with E-state index in [4.69, 9.17) is 4.42 Å². The topological polar surface area (TPSA) is 55.1 Å². The van der Waals surface area contributed by atoms with Crippen molar-refractivity contribution in [1.82, 2.24) is 10.3 Å². The van der Waals surface area contributed by atoms with Gasteiger partial charge in [0.15, 0.2) is 0 Å². The minimum atomic E-state index is -0.169. The van der Waals surface area contributed by atoms with E-state index >= 15 is 0 Å². The lowest BCUT2D eigenvalue weighted by atomic mass is 10.1. The highest BCUT2D eigenvalue weighted by Crippen LogP contribution is 2.25. The summed E-state index contributed by atoms with van der Waals surface area (Å²) in [7, 11) is 0. The lowest BCUT2D eigenvalue weighted by Crippen LogP contribution is -2.20.